The first-order chi connectivity index (χ1) is 4.00. The van der Waals surface area contributed by atoms with Gasteiger partial charge in [0.25, 0.3) is 0 Å². The topological polar surface area (TPSA) is 29.5 Å². The molecule has 1 unspecified atom stereocenters. The minimum absolute atomic E-state index is 0.308. The molecule has 0 saturated heterocycles. The lowest BCUT2D eigenvalue weighted by molar-refractivity contribution is 0.0118. The lowest BCUT2D eigenvalue weighted by Crippen LogP contribution is -2.30. The van der Waals surface area contributed by atoms with Crippen molar-refractivity contribution in [1.82, 2.24) is 0 Å². The molecule has 0 rings (SSSR count). The third kappa shape index (κ3) is 2.63. The lowest BCUT2D eigenvalue weighted by atomic mass is 10.0. The summed E-state index contributed by atoms with van der Waals surface area (Å²) in [6, 6.07) is 0. The summed E-state index contributed by atoms with van der Waals surface area (Å²) < 4.78 is 4.76. The first-order valence-corrected chi connectivity index (χ1v) is 2.88. The van der Waals surface area contributed by atoms with Gasteiger partial charge in [0.2, 0.25) is 0 Å². The first kappa shape index (κ1) is 8.66. The van der Waals surface area contributed by atoms with Crippen LogP contribution in [0.4, 0.5) is 0 Å². The van der Waals surface area contributed by atoms with E-state index in [1.165, 1.54) is 0 Å². The maximum absolute atomic E-state index is 9.37. The van der Waals surface area contributed by atoms with Gasteiger partial charge < -0.3 is 9.84 Å². The summed E-state index contributed by atoms with van der Waals surface area (Å²) in [4.78, 5) is 0. The molecule has 0 aromatic heterocycles. The van der Waals surface area contributed by atoms with Crippen LogP contribution in [0, 0.1) is 0 Å². The monoisotopic (exact) mass is 130 g/mol. The standard InChI is InChI=1S/C7H14O2/c1-6(2)7(3,8)5-9-4/h8H,1,5H2,2-4H3. The van der Waals surface area contributed by atoms with Crippen LogP contribution in [0.1, 0.15) is 13.8 Å². The van der Waals surface area contributed by atoms with Gasteiger partial charge in [-0.1, -0.05) is 6.58 Å². The Morgan fingerprint density at radius 1 is 1.78 bits per heavy atom. The molecule has 0 aliphatic rings. The molecule has 1 N–H and O–H groups in total. The second-order valence-corrected chi connectivity index (χ2v) is 2.49. The fraction of sp³-hybridized carbons (Fsp3) is 0.714. The van der Waals surface area contributed by atoms with Crippen molar-refractivity contribution in [2.45, 2.75) is 19.4 Å². The van der Waals surface area contributed by atoms with E-state index < -0.39 is 5.60 Å². The summed E-state index contributed by atoms with van der Waals surface area (Å²) in [7, 11) is 1.55. The molecule has 0 spiro atoms. The molecular formula is C7H14O2. The Labute approximate surface area is 56.1 Å². The number of ether oxygens (including phenoxy) is 1. The zero-order valence-electron chi connectivity index (χ0n) is 6.27. The van der Waals surface area contributed by atoms with Gasteiger partial charge in [-0.2, -0.15) is 0 Å². The second kappa shape index (κ2) is 2.99. The molecule has 0 aliphatic carbocycles. The van der Waals surface area contributed by atoms with Gasteiger partial charge >= 0.3 is 0 Å². The maximum Gasteiger partial charge on any atom is 0.106 e. The molecule has 0 bridgehead atoms. The number of hydrogen-bond donors (Lipinski definition) is 1. The fourth-order valence-corrected chi connectivity index (χ4v) is 0.404. The Morgan fingerprint density at radius 2 is 2.22 bits per heavy atom. The van der Waals surface area contributed by atoms with Crippen molar-refractivity contribution in [3.8, 4) is 0 Å². The van der Waals surface area contributed by atoms with E-state index in [0.29, 0.717) is 6.61 Å². The second-order valence-electron chi connectivity index (χ2n) is 2.49. The van der Waals surface area contributed by atoms with Crippen LogP contribution in [0.5, 0.6) is 0 Å². The SMILES string of the molecule is C=C(C)C(C)(O)COC. The highest BCUT2D eigenvalue weighted by atomic mass is 16.5. The van der Waals surface area contributed by atoms with Gasteiger partial charge in [-0.25, -0.2) is 0 Å². The van der Waals surface area contributed by atoms with E-state index in [4.69, 9.17) is 4.74 Å². The highest BCUT2D eigenvalue weighted by molar-refractivity contribution is 5.06. The van der Waals surface area contributed by atoms with Gasteiger partial charge in [0, 0.05) is 7.11 Å². The Balaban J connectivity index is 3.85. The fourth-order valence-electron chi connectivity index (χ4n) is 0.404. The molecule has 0 radical (unpaired) electrons. The predicted molar refractivity (Wildman–Crippen MR) is 37.3 cm³/mol. The van der Waals surface area contributed by atoms with Crippen LogP contribution in [0.15, 0.2) is 12.2 Å². The molecule has 0 amide bonds. The van der Waals surface area contributed by atoms with Gasteiger partial charge in [0.05, 0.1) is 6.61 Å². The van der Waals surface area contributed by atoms with Gasteiger partial charge in [-0.3, -0.25) is 0 Å². The molecule has 2 nitrogen and oxygen atoms in total. The summed E-state index contributed by atoms with van der Waals surface area (Å²) in [5, 5.41) is 9.37. The average Bonchev–Trinajstić information content (AvgIpc) is 1.65. The molecule has 0 aromatic rings. The van der Waals surface area contributed by atoms with Gasteiger partial charge in [-0.15, -0.1) is 0 Å². The van der Waals surface area contributed by atoms with Crippen LogP contribution in [0.3, 0.4) is 0 Å². The van der Waals surface area contributed by atoms with Crippen molar-refractivity contribution in [3.05, 3.63) is 12.2 Å². The molecule has 0 aromatic carbocycles. The number of hydrogen-bond acceptors (Lipinski definition) is 2. The Hall–Kier alpha value is -0.340. The molecule has 0 aliphatic heterocycles. The molecule has 54 valence electrons. The maximum atomic E-state index is 9.37. The van der Waals surface area contributed by atoms with Crippen LogP contribution in [0.2, 0.25) is 0 Å². The highest BCUT2D eigenvalue weighted by Gasteiger charge is 2.19. The highest BCUT2D eigenvalue weighted by Crippen LogP contribution is 2.12. The molecule has 1 atom stereocenters. The summed E-state index contributed by atoms with van der Waals surface area (Å²) >= 11 is 0. The number of rotatable bonds is 3. The summed E-state index contributed by atoms with van der Waals surface area (Å²) in [6.07, 6.45) is 0. The summed E-state index contributed by atoms with van der Waals surface area (Å²) in [6.45, 7) is 7.38. The molecule has 9 heavy (non-hydrogen) atoms. The number of methoxy groups -OCH3 is 1. The van der Waals surface area contributed by atoms with E-state index in [2.05, 4.69) is 6.58 Å². The lowest BCUT2D eigenvalue weighted by Gasteiger charge is -2.21. The smallest absolute Gasteiger partial charge is 0.106 e. The minimum Gasteiger partial charge on any atom is -0.383 e. The van der Waals surface area contributed by atoms with Gasteiger partial charge in [-0.05, 0) is 19.4 Å². The normalized spacial score (nSPS) is 16.9. The Morgan fingerprint density at radius 3 is 2.33 bits per heavy atom. The summed E-state index contributed by atoms with van der Waals surface area (Å²) in [5.74, 6) is 0. The molecule has 0 fully saturated rings. The van der Waals surface area contributed by atoms with Crippen molar-refractivity contribution >= 4 is 0 Å². The van der Waals surface area contributed by atoms with Crippen LogP contribution >= 0.6 is 0 Å². The average molecular weight is 130 g/mol. The van der Waals surface area contributed by atoms with Crippen molar-refractivity contribution in [2.24, 2.45) is 0 Å². The molecular weight excluding hydrogens is 116 g/mol. The third-order valence-corrected chi connectivity index (χ3v) is 1.34. The van der Waals surface area contributed by atoms with Crippen molar-refractivity contribution in [2.75, 3.05) is 13.7 Å². The van der Waals surface area contributed by atoms with Crippen molar-refractivity contribution in [3.63, 3.8) is 0 Å². The summed E-state index contributed by atoms with van der Waals surface area (Å²) in [5.41, 5.74) is -0.140. The van der Waals surface area contributed by atoms with E-state index in [1.54, 1.807) is 21.0 Å². The van der Waals surface area contributed by atoms with E-state index in [0.717, 1.165) is 5.57 Å². The van der Waals surface area contributed by atoms with Gasteiger partial charge in [0.15, 0.2) is 0 Å². The van der Waals surface area contributed by atoms with E-state index >= 15 is 0 Å². The Bertz CT molecular complexity index is 105. The third-order valence-electron chi connectivity index (χ3n) is 1.34. The molecule has 0 saturated carbocycles. The van der Waals surface area contributed by atoms with Crippen LogP contribution in [-0.2, 0) is 4.74 Å². The first-order valence-electron chi connectivity index (χ1n) is 2.88. The minimum atomic E-state index is -0.866. The Kier molecular flexibility index (Phi) is 2.88. The molecule has 2 heteroatoms. The van der Waals surface area contributed by atoms with E-state index in [1.807, 2.05) is 0 Å². The van der Waals surface area contributed by atoms with Crippen LogP contribution in [-0.4, -0.2) is 24.4 Å². The van der Waals surface area contributed by atoms with E-state index in [9.17, 15) is 5.11 Å². The largest absolute Gasteiger partial charge is 0.383 e. The number of aliphatic hydroxyl groups is 1. The van der Waals surface area contributed by atoms with E-state index in [-0.39, 0.29) is 0 Å². The van der Waals surface area contributed by atoms with Crippen LogP contribution in [0.25, 0.3) is 0 Å². The van der Waals surface area contributed by atoms with Crippen molar-refractivity contribution < 1.29 is 9.84 Å². The van der Waals surface area contributed by atoms with Gasteiger partial charge in [0.1, 0.15) is 5.60 Å². The van der Waals surface area contributed by atoms with Crippen LogP contribution < -0.4 is 0 Å². The van der Waals surface area contributed by atoms with Crippen molar-refractivity contribution in [1.29, 1.82) is 0 Å². The zero-order chi connectivity index (χ0) is 7.49. The zero-order valence-corrected chi connectivity index (χ0v) is 6.27. The molecule has 0 heterocycles. The predicted octanol–water partition coefficient (Wildman–Crippen LogP) is 0.960. The quantitative estimate of drug-likeness (QED) is 0.576.